The number of hydrogen-bond donors (Lipinski definition) is 2. The van der Waals surface area contributed by atoms with Crippen molar-refractivity contribution in [1.82, 2.24) is 5.32 Å². The highest BCUT2D eigenvalue weighted by Gasteiger charge is 2.03. The number of nitrogens with one attached hydrogen (secondary N) is 1. The Morgan fingerprint density at radius 2 is 2.22 bits per heavy atom. The molecule has 18 heavy (non-hydrogen) atoms. The van der Waals surface area contributed by atoms with E-state index >= 15 is 0 Å². The number of phenolic OH excluding ortho intramolecular Hbond substituents is 1. The number of aromatic hydroxyl groups is 1. The van der Waals surface area contributed by atoms with Crippen molar-refractivity contribution in [2.45, 2.75) is 12.8 Å². The van der Waals surface area contributed by atoms with Crippen LogP contribution in [0, 0.1) is 0 Å². The van der Waals surface area contributed by atoms with Gasteiger partial charge in [0.05, 0.1) is 13.0 Å². The van der Waals surface area contributed by atoms with Crippen LogP contribution in [0.5, 0.6) is 5.75 Å². The van der Waals surface area contributed by atoms with Crippen LogP contribution < -0.4 is 5.32 Å². The Morgan fingerprint density at radius 1 is 1.39 bits per heavy atom. The molecule has 0 spiro atoms. The van der Waals surface area contributed by atoms with E-state index in [0.717, 1.165) is 12.0 Å². The van der Waals surface area contributed by atoms with E-state index in [2.05, 4.69) is 5.32 Å². The highest BCUT2D eigenvalue weighted by Crippen LogP contribution is 2.11. The van der Waals surface area contributed by atoms with Gasteiger partial charge in [-0.05, 0) is 24.1 Å². The van der Waals surface area contributed by atoms with Crippen LogP contribution in [-0.2, 0) is 16.0 Å². The molecular weight excluding hydrogens is 254 g/mol. The predicted molar refractivity (Wildman–Crippen MR) is 71.0 cm³/mol. The molecule has 0 aliphatic heterocycles. The molecule has 0 aliphatic carbocycles. The number of benzene rings is 1. The molecule has 0 radical (unpaired) electrons. The molecule has 4 nitrogen and oxygen atoms in total. The lowest BCUT2D eigenvalue weighted by Gasteiger charge is -2.06. The second kappa shape index (κ2) is 8.78. The summed E-state index contributed by atoms with van der Waals surface area (Å²) in [6.07, 6.45) is 1.04. The summed E-state index contributed by atoms with van der Waals surface area (Å²) in [5, 5.41) is 12.1. The fourth-order valence-electron chi connectivity index (χ4n) is 1.47. The number of phenols is 1. The van der Waals surface area contributed by atoms with Gasteiger partial charge in [0, 0.05) is 19.0 Å². The average molecular weight is 272 g/mol. The lowest BCUT2D eigenvalue weighted by Crippen LogP contribution is -2.26. The number of amides is 1. The smallest absolute Gasteiger partial charge is 0.224 e. The lowest BCUT2D eigenvalue weighted by molar-refractivity contribution is -0.120. The fourth-order valence-corrected chi connectivity index (χ4v) is 1.58. The minimum atomic E-state index is -0.0575. The topological polar surface area (TPSA) is 58.6 Å². The Balaban J connectivity index is 2.14. The standard InChI is InChI=1S/C13H18ClNO3/c14-5-8-18-7-2-6-15-13(17)10-11-3-1-4-12(16)9-11/h1,3-4,9,16H,2,5-8,10H2,(H,15,17). The number of halogens is 1. The summed E-state index contributed by atoms with van der Waals surface area (Å²) in [4.78, 5) is 11.6. The van der Waals surface area contributed by atoms with Gasteiger partial charge in [0.2, 0.25) is 5.91 Å². The van der Waals surface area contributed by atoms with E-state index in [-0.39, 0.29) is 18.1 Å². The van der Waals surface area contributed by atoms with Gasteiger partial charge in [-0.15, -0.1) is 11.6 Å². The number of hydrogen-bond acceptors (Lipinski definition) is 3. The molecule has 1 aromatic carbocycles. The number of alkyl halides is 1. The highest BCUT2D eigenvalue weighted by molar-refractivity contribution is 6.17. The molecule has 0 fully saturated rings. The van der Waals surface area contributed by atoms with Gasteiger partial charge in [0.1, 0.15) is 5.75 Å². The van der Waals surface area contributed by atoms with Crippen molar-refractivity contribution >= 4 is 17.5 Å². The van der Waals surface area contributed by atoms with E-state index < -0.39 is 0 Å². The first kappa shape index (κ1) is 14.8. The maximum Gasteiger partial charge on any atom is 0.224 e. The van der Waals surface area contributed by atoms with E-state index in [1.807, 2.05) is 6.07 Å². The molecule has 0 aliphatic rings. The van der Waals surface area contributed by atoms with Gasteiger partial charge in [-0.3, -0.25) is 4.79 Å². The normalized spacial score (nSPS) is 10.3. The van der Waals surface area contributed by atoms with E-state index in [1.165, 1.54) is 0 Å². The Kier molecular flexibility index (Phi) is 7.22. The van der Waals surface area contributed by atoms with Crippen molar-refractivity contribution in [2.24, 2.45) is 0 Å². The fraction of sp³-hybridized carbons (Fsp3) is 0.462. The first-order valence-corrected chi connectivity index (χ1v) is 6.44. The molecule has 0 atom stereocenters. The van der Waals surface area contributed by atoms with E-state index in [1.54, 1.807) is 18.2 Å². The summed E-state index contributed by atoms with van der Waals surface area (Å²) in [6, 6.07) is 6.69. The highest BCUT2D eigenvalue weighted by atomic mass is 35.5. The van der Waals surface area contributed by atoms with Gasteiger partial charge in [-0.1, -0.05) is 12.1 Å². The molecule has 1 amide bonds. The third-order valence-electron chi connectivity index (χ3n) is 2.28. The molecule has 2 N–H and O–H groups in total. The molecule has 0 saturated carbocycles. The van der Waals surface area contributed by atoms with Gasteiger partial charge in [-0.25, -0.2) is 0 Å². The zero-order valence-corrected chi connectivity index (χ0v) is 10.9. The zero-order valence-electron chi connectivity index (χ0n) is 10.2. The second-order valence-corrected chi connectivity index (χ2v) is 4.23. The van der Waals surface area contributed by atoms with Gasteiger partial charge in [-0.2, -0.15) is 0 Å². The van der Waals surface area contributed by atoms with Gasteiger partial charge in [0.25, 0.3) is 0 Å². The number of carbonyl (C=O) groups excluding carboxylic acids is 1. The second-order valence-electron chi connectivity index (χ2n) is 3.85. The minimum absolute atomic E-state index is 0.0575. The average Bonchev–Trinajstić information content (AvgIpc) is 2.33. The summed E-state index contributed by atoms with van der Waals surface area (Å²) in [5.41, 5.74) is 0.797. The van der Waals surface area contributed by atoms with Crippen molar-refractivity contribution in [3.8, 4) is 5.75 Å². The van der Waals surface area contributed by atoms with Crippen molar-refractivity contribution in [2.75, 3.05) is 25.6 Å². The molecular formula is C13H18ClNO3. The monoisotopic (exact) mass is 271 g/mol. The number of rotatable bonds is 8. The summed E-state index contributed by atoms with van der Waals surface area (Å²) >= 11 is 5.45. The van der Waals surface area contributed by atoms with Crippen molar-refractivity contribution in [3.05, 3.63) is 29.8 Å². The first-order valence-electron chi connectivity index (χ1n) is 5.90. The Labute approximate surface area is 112 Å². The molecule has 0 unspecified atom stereocenters. The molecule has 0 bridgehead atoms. The third kappa shape index (κ3) is 6.47. The van der Waals surface area contributed by atoms with Crippen LogP contribution in [-0.4, -0.2) is 36.7 Å². The van der Waals surface area contributed by atoms with Crippen LogP contribution in [0.2, 0.25) is 0 Å². The van der Waals surface area contributed by atoms with E-state index in [9.17, 15) is 9.90 Å². The Bertz CT molecular complexity index is 371. The summed E-state index contributed by atoms with van der Waals surface area (Å²) in [6.45, 7) is 1.72. The number of carbonyl (C=O) groups is 1. The summed E-state index contributed by atoms with van der Waals surface area (Å²) < 4.78 is 5.18. The van der Waals surface area contributed by atoms with Crippen LogP contribution in [0.25, 0.3) is 0 Å². The molecule has 0 aromatic heterocycles. The van der Waals surface area contributed by atoms with Crippen LogP contribution in [0.15, 0.2) is 24.3 Å². The van der Waals surface area contributed by atoms with Crippen LogP contribution in [0.1, 0.15) is 12.0 Å². The van der Waals surface area contributed by atoms with Crippen molar-refractivity contribution < 1.29 is 14.6 Å². The quantitative estimate of drug-likeness (QED) is 0.559. The van der Waals surface area contributed by atoms with Crippen LogP contribution in [0.4, 0.5) is 0 Å². The molecule has 0 heterocycles. The van der Waals surface area contributed by atoms with Gasteiger partial charge >= 0.3 is 0 Å². The summed E-state index contributed by atoms with van der Waals surface area (Å²) in [7, 11) is 0. The minimum Gasteiger partial charge on any atom is -0.508 e. The van der Waals surface area contributed by atoms with E-state index in [0.29, 0.717) is 25.6 Å². The number of ether oxygens (including phenoxy) is 1. The van der Waals surface area contributed by atoms with Crippen molar-refractivity contribution in [3.63, 3.8) is 0 Å². The Hall–Kier alpha value is -1.26. The molecule has 100 valence electrons. The predicted octanol–water partition coefficient (Wildman–Crippen LogP) is 1.70. The lowest BCUT2D eigenvalue weighted by atomic mass is 10.1. The van der Waals surface area contributed by atoms with E-state index in [4.69, 9.17) is 16.3 Å². The molecule has 1 aromatic rings. The van der Waals surface area contributed by atoms with Crippen LogP contribution >= 0.6 is 11.6 Å². The molecule has 5 heteroatoms. The van der Waals surface area contributed by atoms with Gasteiger partial charge in [0.15, 0.2) is 0 Å². The summed E-state index contributed by atoms with van der Waals surface area (Å²) in [5.74, 6) is 0.608. The molecule has 0 saturated heterocycles. The van der Waals surface area contributed by atoms with Gasteiger partial charge < -0.3 is 15.2 Å². The Morgan fingerprint density at radius 3 is 2.94 bits per heavy atom. The molecule has 1 rings (SSSR count). The maximum absolute atomic E-state index is 11.6. The largest absolute Gasteiger partial charge is 0.508 e. The third-order valence-corrected chi connectivity index (χ3v) is 2.44. The maximum atomic E-state index is 11.6. The SMILES string of the molecule is O=C(Cc1cccc(O)c1)NCCCOCCCl. The van der Waals surface area contributed by atoms with Crippen molar-refractivity contribution in [1.29, 1.82) is 0 Å². The first-order chi connectivity index (χ1) is 8.72. The van der Waals surface area contributed by atoms with Crippen LogP contribution in [0.3, 0.4) is 0 Å². The zero-order chi connectivity index (χ0) is 13.2.